The van der Waals surface area contributed by atoms with E-state index in [2.05, 4.69) is 36.2 Å². The molecule has 0 aliphatic carbocycles. The second-order valence-electron chi connectivity index (χ2n) is 5.51. The van der Waals surface area contributed by atoms with Gasteiger partial charge < -0.3 is 9.84 Å². The molecule has 0 unspecified atom stereocenters. The number of carboxylic acid groups (broad SMARTS) is 1. The highest BCUT2D eigenvalue weighted by Gasteiger charge is 2.14. The Morgan fingerprint density at radius 3 is 2.17 bits per heavy atom. The van der Waals surface area contributed by atoms with Crippen molar-refractivity contribution in [1.29, 1.82) is 0 Å². The zero-order chi connectivity index (χ0) is 17.1. The number of hydrogen-bond donors (Lipinski definition) is 1. The molecule has 122 valence electrons. The lowest BCUT2D eigenvalue weighted by atomic mass is 10.0. The Hall–Kier alpha value is -2.66. The molecular weight excluding hydrogens is 322 g/mol. The molecule has 0 aliphatic heterocycles. The molecule has 0 aliphatic rings. The molecule has 0 fully saturated rings. The largest absolute Gasteiger partial charge is 0.486 e. The van der Waals surface area contributed by atoms with Crippen molar-refractivity contribution in [1.82, 2.24) is 4.98 Å². The van der Waals surface area contributed by atoms with Crippen LogP contribution in [0.3, 0.4) is 0 Å². The Bertz CT molecular complexity index is 851. The SMILES string of the molecule is Cc1ccc(-c2ccc(OCc3nc(C)c(C(=O)O)s3)cc2)cc1. The molecule has 1 N–H and O–H groups in total. The third-order valence-electron chi connectivity index (χ3n) is 3.64. The summed E-state index contributed by atoms with van der Waals surface area (Å²) in [4.78, 5) is 15.5. The first-order valence-corrected chi connectivity index (χ1v) is 8.34. The van der Waals surface area contributed by atoms with Crippen molar-refractivity contribution in [2.75, 3.05) is 0 Å². The molecule has 4 nitrogen and oxygen atoms in total. The maximum Gasteiger partial charge on any atom is 0.347 e. The van der Waals surface area contributed by atoms with E-state index >= 15 is 0 Å². The van der Waals surface area contributed by atoms with Crippen molar-refractivity contribution in [3.63, 3.8) is 0 Å². The zero-order valence-electron chi connectivity index (χ0n) is 13.4. The summed E-state index contributed by atoms with van der Waals surface area (Å²) >= 11 is 1.15. The molecule has 1 heterocycles. The van der Waals surface area contributed by atoms with E-state index in [1.165, 1.54) is 5.56 Å². The highest BCUT2D eigenvalue weighted by molar-refractivity contribution is 7.13. The number of thiazole rings is 1. The number of nitrogens with zero attached hydrogens (tertiary/aromatic N) is 1. The van der Waals surface area contributed by atoms with Crippen LogP contribution in [0.25, 0.3) is 11.1 Å². The molecule has 0 saturated carbocycles. The van der Waals surface area contributed by atoms with Gasteiger partial charge in [0.05, 0.1) is 5.69 Å². The van der Waals surface area contributed by atoms with Crippen molar-refractivity contribution >= 4 is 17.3 Å². The molecule has 0 atom stereocenters. The Kier molecular flexibility index (Phi) is 4.62. The summed E-state index contributed by atoms with van der Waals surface area (Å²) in [5.41, 5.74) is 4.05. The summed E-state index contributed by atoms with van der Waals surface area (Å²) in [6, 6.07) is 16.2. The molecule has 0 bridgehead atoms. The van der Waals surface area contributed by atoms with E-state index in [1.807, 2.05) is 24.3 Å². The summed E-state index contributed by atoms with van der Waals surface area (Å²) in [5.74, 6) is -0.214. The highest BCUT2D eigenvalue weighted by Crippen LogP contribution is 2.24. The minimum atomic E-state index is -0.946. The van der Waals surface area contributed by atoms with Crippen LogP contribution in [-0.4, -0.2) is 16.1 Å². The van der Waals surface area contributed by atoms with Crippen molar-refractivity contribution < 1.29 is 14.6 Å². The molecule has 24 heavy (non-hydrogen) atoms. The van der Waals surface area contributed by atoms with Crippen LogP contribution in [0.4, 0.5) is 0 Å². The van der Waals surface area contributed by atoms with Crippen LogP contribution in [0, 0.1) is 13.8 Å². The standard InChI is InChI=1S/C19H17NO3S/c1-12-3-5-14(6-4-12)15-7-9-16(10-8-15)23-11-17-20-13(2)18(24-17)19(21)22/h3-10H,11H2,1-2H3,(H,21,22). The lowest BCUT2D eigenvalue weighted by Gasteiger charge is -2.06. The number of aromatic carboxylic acids is 1. The van der Waals surface area contributed by atoms with E-state index in [4.69, 9.17) is 9.84 Å². The fourth-order valence-corrected chi connectivity index (χ4v) is 3.16. The smallest absolute Gasteiger partial charge is 0.347 e. The van der Waals surface area contributed by atoms with E-state index in [1.54, 1.807) is 6.92 Å². The normalized spacial score (nSPS) is 10.6. The molecule has 3 aromatic rings. The van der Waals surface area contributed by atoms with Gasteiger partial charge in [-0.05, 0) is 37.1 Å². The van der Waals surface area contributed by atoms with Crippen LogP contribution in [0.5, 0.6) is 5.75 Å². The number of rotatable bonds is 5. The van der Waals surface area contributed by atoms with E-state index in [0.29, 0.717) is 10.7 Å². The number of hydrogen-bond acceptors (Lipinski definition) is 4. The summed E-state index contributed by atoms with van der Waals surface area (Å²) < 4.78 is 5.71. The highest BCUT2D eigenvalue weighted by atomic mass is 32.1. The Balaban J connectivity index is 1.67. The van der Waals surface area contributed by atoms with Gasteiger partial charge in [0.1, 0.15) is 22.2 Å². The van der Waals surface area contributed by atoms with Crippen LogP contribution >= 0.6 is 11.3 Å². The first-order chi connectivity index (χ1) is 11.5. The summed E-state index contributed by atoms with van der Waals surface area (Å²) in [6.45, 7) is 4.03. The quantitative estimate of drug-likeness (QED) is 0.732. The number of carboxylic acids is 1. The van der Waals surface area contributed by atoms with Gasteiger partial charge in [0, 0.05) is 0 Å². The second kappa shape index (κ2) is 6.84. The average molecular weight is 339 g/mol. The number of carbonyl (C=O) groups is 1. The molecule has 5 heteroatoms. The number of benzene rings is 2. The van der Waals surface area contributed by atoms with E-state index in [0.717, 1.165) is 28.2 Å². The van der Waals surface area contributed by atoms with Crippen LogP contribution in [-0.2, 0) is 6.61 Å². The van der Waals surface area contributed by atoms with Crippen LogP contribution in [0.15, 0.2) is 48.5 Å². The Labute approximate surface area is 144 Å². The van der Waals surface area contributed by atoms with Gasteiger partial charge in [-0.3, -0.25) is 0 Å². The van der Waals surface area contributed by atoms with Crippen LogP contribution in [0.2, 0.25) is 0 Å². The average Bonchev–Trinajstić information content (AvgIpc) is 2.95. The van der Waals surface area contributed by atoms with E-state index < -0.39 is 5.97 Å². The van der Waals surface area contributed by atoms with Crippen molar-refractivity contribution in [3.05, 3.63) is 69.7 Å². The first kappa shape index (κ1) is 16.2. The van der Waals surface area contributed by atoms with Gasteiger partial charge >= 0.3 is 5.97 Å². The van der Waals surface area contributed by atoms with Gasteiger partial charge in [-0.1, -0.05) is 42.0 Å². The third kappa shape index (κ3) is 3.63. The predicted octanol–water partition coefficient (Wildman–Crippen LogP) is 4.70. The van der Waals surface area contributed by atoms with Crippen LogP contribution in [0.1, 0.15) is 25.9 Å². The van der Waals surface area contributed by atoms with E-state index in [-0.39, 0.29) is 11.5 Å². The second-order valence-corrected chi connectivity index (χ2v) is 6.59. The minimum Gasteiger partial charge on any atom is -0.486 e. The first-order valence-electron chi connectivity index (χ1n) is 7.52. The van der Waals surface area contributed by atoms with Gasteiger partial charge in [-0.25, -0.2) is 9.78 Å². The fourth-order valence-electron chi connectivity index (χ4n) is 2.35. The van der Waals surface area contributed by atoms with Gasteiger partial charge in [0.2, 0.25) is 0 Å². The van der Waals surface area contributed by atoms with Crippen molar-refractivity contribution in [2.45, 2.75) is 20.5 Å². The minimum absolute atomic E-state index is 0.267. The molecule has 0 saturated heterocycles. The number of aryl methyl sites for hydroxylation is 2. The molecule has 0 radical (unpaired) electrons. The van der Waals surface area contributed by atoms with Gasteiger partial charge in [0.25, 0.3) is 0 Å². The monoisotopic (exact) mass is 339 g/mol. The summed E-state index contributed by atoms with van der Waals surface area (Å²) in [5, 5.41) is 9.71. The zero-order valence-corrected chi connectivity index (χ0v) is 14.3. The van der Waals surface area contributed by atoms with Gasteiger partial charge in [-0.15, -0.1) is 11.3 Å². The maximum atomic E-state index is 11.0. The molecule has 0 spiro atoms. The predicted molar refractivity (Wildman–Crippen MR) is 94.8 cm³/mol. The van der Waals surface area contributed by atoms with Gasteiger partial charge in [0.15, 0.2) is 0 Å². The Morgan fingerprint density at radius 2 is 1.62 bits per heavy atom. The molecule has 1 aromatic heterocycles. The topological polar surface area (TPSA) is 59.4 Å². The van der Waals surface area contributed by atoms with Crippen LogP contribution < -0.4 is 4.74 Å². The maximum absolute atomic E-state index is 11.0. The lowest BCUT2D eigenvalue weighted by molar-refractivity contribution is 0.0701. The molecule has 0 amide bonds. The summed E-state index contributed by atoms with van der Waals surface area (Å²) in [7, 11) is 0. The fraction of sp³-hybridized carbons (Fsp3) is 0.158. The van der Waals surface area contributed by atoms with Crippen molar-refractivity contribution in [3.8, 4) is 16.9 Å². The lowest BCUT2D eigenvalue weighted by Crippen LogP contribution is -1.94. The Morgan fingerprint density at radius 1 is 1.04 bits per heavy atom. The van der Waals surface area contributed by atoms with Crippen molar-refractivity contribution in [2.24, 2.45) is 0 Å². The third-order valence-corrected chi connectivity index (χ3v) is 4.76. The number of aromatic nitrogens is 1. The summed E-state index contributed by atoms with van der Waals surface area (Å²) in [6.07, 6.45) is 0. The van der Waals surface area contributed by atoms with E-state index in [9.17, 15) is 4.79 Å². The molecule has 2 aromatic carbocycles. The molecular formula is C19H17NO3S. The number of ether oxygens (including phenoxy) is 1. The van der Waals surface area contributed by atoms with Gasteiger partial charge in [-0.2, -0.15) is 0 Å². The molecule has 3 rings (SSSR count).